The van der Waals surface area contributed by atoms with Crippen molar-refractivity contribution in [3.63, 3.8) is 0 Å². The fourth-order valence-corrected chi connectivity index (χ4v) is 1.36. The fourth-order valence-electron chi connectivity index (χ4n) is 1.36. The molecule has 0 fully saturated rings. The number of carbonyl (C=O) groups excluding carboxylic acids is 1. The molecule has 0 radical (unpaired) electrons. The van der Waals surface area contributed by atoms with Gasteiger partial charge in [0.1, 0.15) is 0 Å². The topological polar surface area (TPSA) is 17.1 Å². The van der Waals surface area contributed by atoms with E-state index in [9.17, 15) is 4.79 Å². The second kappa shape index (κ2) is 2.74. The molecule has 0 amide bonds. The molecule has 1 aliphatic carbocycles. The third-order valence-corrected chi connectivity index (χ3v) is 2.71. The Labute approximate surface area is 73.5 Å². The van der Waals surface area contributed by atoms with E-state index in [2.05, 4.69) is 6.58 Å². The van der Waals surface area contributed by atoms with Crippen molar-refractivity contribution in [1.29, 1.82) is 0 Å². The minimum absolute atomic E-state index is 0.164. The summed E-state index contributed by atoms with van der Waals surface area (Å²) in [5.41, 5.74) is 4.74. The smallest absolute Gasteiger partial charge is 0.184 e. The number of hydrogen-bond acceptors (Lipinski definition) is 1. The summed E-state index contributed by atoms with van der Waals surface area (Å²) >= 11 is 0. The molecule has 0 N–H and O–H groups in total. The molecule has 0 aliphatic heterocycles. The summed E-state index contributed by atoms with van der Waals surface area (Å²) in [5.74, 6) is 0.164. The predicted octanol–water partition coefficient (Wildman–Crippen LogP) is 2.80. The summed E-state index contributed by atoms with van der Waals surface area (Å²) in [6, 6.07) is 0. The molecular formula is C11H14O. The molecule has 0 unspecified atom stereocenters. The van der Waals surface area contributed by atoms with Crippen molar-refractivity contribution in [2.75, 3.05) is 0 Å². The Balaban J connectivity index is 3.32. The van der Waals surface area contributed by atoms with E-state index >= 15 is 0 Å². The maximum absolute atomic E-state index is 11.5. The SMILES string of the molecule is C=C1C(C)=C(C)C(=O)C(C)=C1C. The van der Waals surface area contributed by atoms with Crippen LogP contribution < -0.4 is 0 Å². The highest BCUT2D eigenvalue weighted by molar-refractivity contribution is 6.11. The van der Waals surface area contributed by atoms with Gasteiger partial charge >= 0.3 is 0 Å². The maximum atomic E-state index is 11.5. The summed E-state index contributed by atoms with van der Waals surface area (Å²) < 4.78 is 0. The predicted molar refractivity (Wildman–Crippen MR) is 50.9 cm³/mol. The largest absolute Gasteiger partial charge is 0.289 e. The molecule has 1 rings (SSSR count). The fraction of sp³-hybridized carbons (Fsp3) is 0.364. The lowest BCUT2D eigenvalue weighted by Crippen LogP contribution is -2.12. The number of rotatable bonds is 0. The van der Waals surface area contributed by atoms with Crippen LogP contribution in [0.3, 0.4) is 0 Å². The van der Waals surface area contributed by atoms with Crippen LogP contribution >= 0.6 is 0 Å². The molecule has 0 aromatic rings. The molecule has 1 heteroatoms. The van der Waals surface area contributed by atoms with E-state index in [-0.39, 0.29) is 5.78 Å². The Bertz CT molecular complexity index is 265. The average molecular weight is 162 g/mol. The Morgan fingerprint density at radius 2 is 1.17 bits per heavy atom. The summed E-state index contributed by atoms with van der Waals surface area (Å²) in [6.07, 6.45) is 0. The number of hydrogen-bond donors (Lipinski definition) is 0. The first kappa shape index (κ1) is 8.98. The van der Waals surface area contributed by atoms with Crippen molar-refractivity contribution >= 4 is 5.78 Å². The maximum Gasteiger partial charge on any atom is 0.184 e. The second-order valence-electron chi connectivity index (χ2n) is 3.31. The molecule has 0 spiro atoms. The summed E-state index contributed by atoms with van der Waals surface area (Å²) in [4.78, 5) is 11.5. The number of Topliss-reactive ketones (excluding diaryl/α,β-unsaturated/α-hetero) is 1. The van der Waals surface area contributed by atoms with E-state index in [0.717, 1.165) is 27.9 Å². The summed E-state index contributed by atoms with van der Waals surface area (Å²) in [6.45, 7) is 11.6. The Morgan fingerprint density at radius 3 is 1.50 bits per heavy atom. The van der Waals surface area contributed by atoms with Crippen LogP contribution in [0.4, 0.5) is 0 Å². The molecular weight excluding hydrogens is 148 g/mol. The van der Waals surface area contributed by atoms with Gasteiger partial charge in [0.05, 0.1) is 0 Å². The van der Waals surface area contributed by atoms with Crippen molar-refractivity contribution in [3.8, 4) is 0 Å². The van der Waals surface area contributed by atoms with Crippen LogP contribution in [0.5, 0.6) is 0 Å². The monoisotopic (exact) mass is 162 g/mol. The molecule has 0 bridgehead atoms. The van der Waals surface area contributed by atoms with Gasteiger partial charge in [-0.05, 0) is 44.4 Å². The van der Waals surface area contributed by atoms with E-state index in [1.165, 1.54) is 0 Å². The third-order valence-electron chi connectivity index (χ3n) is 2.71. The van der Waals surface area contributed by atoms with Crippen LogP contribution in [0.15, 0.2) is 34.4 Å². The number of allylic oxidation sites excluding steroid dienone is 5. The van der Waals surface area contributed by atoms with Crippen molar-refractivity contribution < 1.29 is 4.79 Å². The minimum atomic E-state index is 0.164. The van der Waals surface area contributed by atoms with Gasteiger partial charge in [0, 0.05) is 11.1 Å². The quantitative estimate of drug-likeness (QED) is 0.535. The lowest BCUT2D eigenvalue weighted by molar-refractivity contribution is -0.112. The lowest BCUT2D eigenvalue weighted by atomic mass is 9.85. The van der Waals surface area contributed by atoms with Gasteiger partial charge in [0.2, 0.25) is 0 Å². The van der Waals surface area contributed by atoms with Crippen LogP contribution in [-0.2, 0) is 4.79 Å². The van der Waals surface area contributed by atoms with Crippen molar-refractivity contribution in [3.05, 3.63) is 34.4 Å². The minimum Gasteiger partial charge on any atom is -0.289 e. The van der Waals surface area contributed by atoms with E-state index in [4.69, 9.17) is 0 Å². The summed E-state index contributed by atoms with van der Waals surface area (Å²) in [7, 11) is 0. The lowest BCUT2D eigenvalue weighted by Gasteiger charge is -2.19. The van der Waals surface area contributed by atoms with Gasteiger partial charge in [0.25, 0.3) is 0 Å². The highest BCUT2D eigenvalue weighted by atomic mass is 16.1. The first-order valence-corrected chi connectivity index (χ1v) is 4.06. The van der Waals surface area contributed by atoms with E-state index in [1.807, 2.05) is 27.7 Å². The molecule has 1 aliphatic rings. The van der Waals surface area contributed by atoms with Gasteiger partial charge in [-0.2, -0.15) is 0 Å². The van der Waals surface area contributed by atoms with Crippen molar-refractivity contribution in [1.82, 2.24) is 0 Å². The molecule has 0 aromatic heterocycles. The van der Waals surface area contributed by atoms with Crippen LogP contribution in [0, 0.1) is 0 Å². The zero-order valence-corrected chi connectivity index (χ0v) is 8.12. The zero-order valence-electron chi connectivity index (χ0n) is 8.12. The molecule has 0 heterocycles. The zero-order chi connectivity index (χ0) is 9.46. The Kier molecular flexibility index (Phi) is 2.05. The van der Waals surface area contributed by atoms with Gasteiger partial charge in [-0.3, -0.25) is 4.79 Å². The van der Waals surface area contributed by atoms with Crippen molar-refractivity contribution in [2.45, 2.75) is 27.7 Å². The van der Waals surface area contributed by atoms with Gasteiger partial charge < -0.3 is 0 Å². The van der Waals surface area contributed by atoms with Crippen LogP contribution in [0.1, 0.15) is 27.7 Å². The van der Waals surface area contributed by atoms with Crippen LogP contribution in [-0.4, -0.2) is 5.78 Å². The molecule has 0 saturated heterocycles. The Hall–Kier alpha value is -1.11. The van der Waals surface area contributed by atoms with Crippen LogP contribution in [0.2, 0.25) is 0 Å². The molecule has 64 valence electrons. The highest BCUT2D eigenvalue weighted by Crippen LogP contribution is 2.29. The van der Waals surface area contributed by atoms with Crippen LogP contribution in [0.25, 0.3) is 0 Å². The summed E-state index contributed by atoms with van der Waals surface area (Å²) in [5, 5.41) is 0. The second-order valence-corrected chi connectivity index (χ2v) is 3.31. The normalized spacial score (nSPS) is 19.3. The van der Waals surface area contributed by atoms with Gasteiger partial charge in [-0.1, -0.05) is 6.58 Å². The standard InChI is InChI=1S/C11H14O/c1-6-7(2)9(4)11(12)10(5)8(6)3/h1H2,2-5H3. The highest BCUT2D eigenvalue weighted by Gasteiger charge is 2.20. The molecule has 0 saturated carbocycles. The molecule has 0 aromatic carbocycles. The van der Waals surface area contributed by atoms with E-state index < -0.39 is 0 Å². The first-order valence-electron chi connectivity index (χ1n) is 4.06. The van der Waals surface area contributed by atoms with Gasteiger partial charge in [-0.25, -0.2) is 0 Å². The van der Waals surface area contributed by atoms with Gasteiger partial charge in [0.15, 0.2) is 5.78 Å². The average Bonchev–Trinajstić information content (AvgIpc) is 2.08. The Morgan fingerprint density at radius 1 is 0.833 bits per heavy atom. The molecule has 1 nitrogen and oxygen atoms in total. The molecule has 12 heavy (non-hydrogen) atoms. The van der Waals surface area contributed by atoms with E-state index in [1.54, 1.807) is 0 Å². The van der Waals surface area contributed by atoms with E-state index in [0.29, 0.717) is 0 Å². The van der Waals surface area contributed by atoms with Gasteiger partial charge in [-0.15, -0.1) is 0 Å². The molecule has 0 atom stereocenters. The third kappa shape index (κ3) is 1.06. The first-order chi connectivity index (χ1) is 5.46. The number of ketones is 1. The van der Waals surface area contributed by atoms with Crippen molar-refractivity contribution in [2.24, 2.45) is 0 Å². The number of carbonyl (C=O) groups is 1.